The highest BCUT2D eigenvalue weighted by Gasteiger charge is 2.47. The third-order valence-electron chi connectivity index (χ3n) is 7.40. The molecule has 1 saturated heterocycles. The highest BCUT2D eigenvalue weighted by Crippen LogP contribution is 2.29. The van der Waals surface area contributed by atoms with Crippen LogP contribution < -0.4 is 10.6 Å². The van der Waals surface area contributed by atoms with Crippen LogP contribution in [0.4, 0.5) is 9.59 Å². The van der Waals surface area contributed by atoms with Gasteiger partial charge in [0.2, 0.25) is 11.8 Å². The van der Waals surface area contributed by atoms with Crippen molar-refractivity contribution in [1.82, 2.24) is 20.4 Å². The molecule has 0 aromatic heterocycles. The topological polar surface area (TPSA) is 158 Å². The van der Waals surface area contributed by atoms with Gasteiger partial charge in [0.1, 0.15) is 23.8 Å². The second-order valence-corrected chi connectivity index (χ2v) is 14.0. The number of benzene rings is 1. The molecule has 0 saturated carbocycles. The van der Waals surface area contributed by atoms with Crippen LogP contribution in [0.25, 0.3) is 0 Å². The van der Waals surface area contributed by atoms with Crippen LogP contribution in [0.1, 0.15) is 79.4 Å². The number of nitrogens with zero attached hydrogens (tertiary/aromatic N) is 2. The van der Waals surface area contributed by atoms with E-state index >= 15 is 0 Å². The second-order valence-electron chi connectivity index (χ2n) is 14.0. The molecule has 4 N–H and O–H groups in total. The van der Waals surface area contributed by atoms with Crippen LogP contribution >= 0.6 is 0 Å². The van der Waals surface area contributed by atoms with E-state index in [1.807, 2.05) is 38.1 Å². The van der Waals surface area contributed by atoms with Gasteiger partial charge in [-0.2, -0.15) is 0 Å². The summed E-state index contributed by atoms with van der Waals surface area (Å²) >= 11 is 0. The first-order valence-electron chi connectivity index (χ1n) is 14.8. The summed E-state index contributed by atoms with van der Waals surface area (Å²) in [6.07, 6.45) is -1.84. The zero-order chi connectivity index (χ0) is 32.3. The molecule has 13 heteroatoms. The molecule has 4 amide bonds. The Labute approximate surface area is 254 Å². The van der Waals surface area contributed by atoms with Gasteiger partial charge in [-0.25, -0.2) is 9.59 Å². The third kappa shape index (κ3) is 9.33. The zero-order valence-electron chi connectivity index (χ0n) is 26.5. The smallest absolute Gasteiger partial charge is 0.444 e. The lowest BCUT2D eigenvalue weighted by Gasteiger charge is -2.36. The third-order valence-corrected chi connectivity index (χ3v) is 7.40. The Morgan fingerprint density at radius 2 is 1.58 bits per heavy atom. The highest BCUT2D eigenvalue weighted by atomic mass is 16.6. The summed E-state index contributed by atoms with van der Waals surface area (Å²) in [5.74, 6) is -2.07. The Hall–Kier alpha value is -3.32. The zero-order valence-corrected chi connectivity index (χ0v) is 26.5. The van der Waals surface area contributed by atoms with Crippen molar-refractivity contribution in [3.63, 3.8) is 0 Å². The van der Waals surface area contributed by atoms with Gasteiger partial charge in [-0.3, -0.25) is 14.5 Å². The van der Waals surface area contributed by atoms with Gasteiger partial charge in [0.25, 0.3) is 0 Å². The molecule has 43 heavy (non-hydrogen) atoms. The Morgan fingerprint density at radius 1 is 1.00 bits per heavy atom. The number of amides is 4. The van der Waals surface area contributed by atoms with Crippen molar-refractivity contribution in [2.24, 2.45) is 11.3 Å². The van der Waals surface area contributed by atoms with Gasteiger partial charge in [0, 0.05) is 19.5 Å². The maximum Gasteiger partial charge on any atom is 0.475 e. The molecule has 0 bridgehead atoms. The van der Waals surface area contributed by atoms with Crippen molar-refractivity contribution in [2.45, 2.75) is 111 Å². The van der Waals surface area contributed by atoms with Gasteiger partial charge in [0.15, 0.2) is 0 Å². The fourth-order valence-electron chi connectivity index (χ4n) is 5.34. The van der Waals surface area contributed by atoms with E-state index in [0.717, 1.165) is 11.1 Å². The summed E-state index contributed by atoms with van der Waals surface area (Å²) in [6, 6.07) is 5.56. The van der Waals surface area contributed by atoms with E-state index in [1.54, 1.807) is 46.4 Å². The van der Waals surface area contributed by atoms with Crippen molar-refractivity contribution in [3.05, 3.63) is 35.4 Å². The lowest BCUT2D eigenvalue weighted by atomic mass is 9.75. The number of hydrogen-bond donors (Lipinski definition) is 4. The molecule has 2 heterocycles. The number of rotatable bonds is 8. The van der Waals surface area contributed by atoms with Crippen LogP contribution in [0.2, 0.25) is 0 Å². The molecule has 3 rings (SSSR count). The molecular weight excluding hydrogens is 555 g/mol. The summed E-state index contributed by atoms with van der Waals surface area (Å²) in [6.45, 7) is 14.9. The molecule has 238 valence electrons. The van der Waals surface area contributed by atoms with Crippen molar-refractivity contribution in [1.29, 1.82) is 0 Å². The number of carbonyl (C=O) groups excluding carboxylic acids is 4. The van der Waals surface area contributed by atoms with Crippen molar-refractivity contribution in [3.8, 4) is 0 Å². The van der Waals surface area contributed by atoms with E-state index in [1.165, 1.54) is 4.90 Å². The Kier molecular flexibility index (Phi) is 10.8. The lowest BCUT2D eigenvalue weighted by Crippen LogP contribution is -2.59. The summed E-state index contributed by atoms with van der Waals surface area (Å²) in [5, 5.41) is 25.1. The monoisotopic (exact) mass is 602 g/mol. The van der Waals surface area contributed by atoms with Crippen LogP contribution in [0.15, 0.2) is 24.3 Å². The highest BCUT2D eigenvalue weighted by molar-refractivity contribution is 6.43. The predicted octanol–water partition coefficient (Wildman–Crippen LogP) is 2.59. The number of hydrogen-bond acceptors (Lipinski definition) is 8. The van der Waals surface area contributed by atoms with E-state index in [9.17, 15) is 29.2 Å². The SMILES string of the molecule is CC(C)C[C@H](NC(=O)[C@@H]1C[C@@H](OC(=O)N2Cc3ccccc3C2)CN1C(=O)[C@@H](NC(=O)OC(C)(C)C)C(C)(C)C)B(O)O. The number of nitrogens with one attached hydrogen (secondary N) is 2. The number of carbonyl (C=O) groups is 4. The average molecular weight is 603 g/mol. The van der Waals surface area contributed by atoms with Crippen LogP contribution in [-0.2, 0) is 32.2 Å². The minimum Gasteiger partial charge on any atom is -0.444 e. The summed E-state index contributed by atoms with van der Waals surface area (Å²) in [5.41, 5.74) is 0.489. The van der Waals surface area contributed by atoms with E-state index in [4.69, 9.17) is 9.47 Å². The fraction of sp³-hybridized carbons (Fsp3) is 0.667. The van der Waals surface area contributed by atoms with Crippen LogP contribution in [0, 0.1) is 11.3 Å². The van der Waals surface area contributed by atoms with E-state index < -0.39 is 66.3 Å². The molecule has 4 atom stereocenters. The van der Waals surface area contributed by atoms with E-state index in [0.29, 0.717) is 19.5 Å². The lowest BCUT2D eigenvalue weighted by molar-refractivity contribution is -0.142. The molecule has 2 aliphatic rings. The van der Waals surface area contributed by atoms with Crippen LogP contribution in [-0.4, -0.2) is 87.2 Å². The number of fused-ring (bicyclic) bond motifs is 1. The van der Waals surface area contributed by atoms with Gasteiger partial charge < -0.3 is 35.1 Å². The van der Waals surface area contributed by atoms with Crippen LogP contribution in [0.5, 0.6) is 0 Å². The van der Waals surface area contributed by atoms with Crippen LogP contribution in [0.3, 0.4) is 0 Å². The number of alkyl carbamates (subject to hydrolysis) is 1. The number of ether oxygens (including phenoxy) is 2. The first-order valence-corrected chi connectivity index (χ1v) is 14.8. The molecule has 12 nitrogen and oxygen atoms in total. The van der Waals surface area contributed by atoms with Gasteiger partial charge in [-0.05, 0) is 49.7 Å². The molecule has 1 aromatic rings. The molecule has 1 fully saturated rings. The van der Waals surface area contributed by atoms with E-state index in [-0.39, 0.29) is 18.9 Å². The number of likely N-dealkylation sites (tertiary alicyclic amines) is 1. The fourth-order valence-corrected chi connectivity index (χ4v) is 5.34. The minimum atomic E-state index is -1.81. The Balaban J connectivity index is 1.83. The normalized spacial score (nSPS) is 19.9. The molecule has 0 radical (unpaired) electrons. The largest absolute Gasteiger partial charge is 0.475 e. The molecule has 0 unspecified atom stereocenters. The first-order chi connectivity index (χ1) is 19.9. The standard InChI is InChI=1S/C30H47BN4O8/c1-18(2)13-23(31(40)41)32-25(36)22-14-21(42-28(39)34-15-19-11-9-10-12-20(19)16-34)17-35(22)26(37)24(29(3,4)5)33-27(38)43-30(6,7)8/h9-12,18,21-24,40-41H,13-17H2,1-8H3,(H,32,36)(H,33,38)/t21-,22+,23+,24-/m1/s1. The quantitative estimate of drug-likeness (QED) is 0.331. The maximum atomic E-state index is 14.1. The van der Waals surface area contributed by atoms with E-state index in [2.05, 4.69) is 10.6 Å². The molecule has 0 aliphatic carbocycles. The first kappa shape index (κ1) is 34.2. The Morgan fingerprint density at radius 3 is 2.07 bits per heavy atom. The predicted molar refractivity (Wildman–Crippen MR) is 160 cm³/mol. The molecule has 1 aromatic carbocycles. The molecule has 2 aliphatic heterocycles. The van der Waals surface area contributed by atoms with Gasteiger partial charge in [-0.15, -0.1) is 0 Å². The average Bonchev–Trinajstić information content (AvgIpc) is 3.49. The van der Waals surface area contributed by atoms with Gasteiger partial charge in [-0.1, -0.05) is 58.9 Å². The Bertz CT molecular complexity index is 1150. The summed E-state index contributed by atoms with van der Waals surface area (Å²) < 4.78 is 11.2. The maximum absolute atomic E-state index is 14.1. The summed E-state index contributed by atoms with van der Waals surface area (Å²) in [7, 11) is -1.81. The van der Waals surface area contributed by atoms with Crippen molar-refractivity contribution >= 4 is 31.1 Å². The minimum absolute atomic E-state index is 0.00330. The van der Waals surface area contributed by atoms with Gasteiger partial charge >= 0.3 is 19.3 Å². The summed E-state index contributed by atoms with van der Waals surface area (Å²) in [4.78, 5) is 56.4. The molecular formula is C30H47BN4O8. The molecule has 0 spiro atoms. The van der Waals surface area contributed by atoms with Crippen molar-refractivity contribution in [2.75, 3.05) is 6.54 Å². The van der Waals surface area contributed by atoms with Crippen molar-refractivity contribution < 1.29 is 38.7 Å². The second kappa shape index (κ2) is 13.5. The van der Waals surface area contributed by atoms with Gasteiger partial charge in [0.05, 0.1) is 12.5 Å².